The lowest BCUT2D eigenvalue weighted by molar-refractivity contribution is -0.120. The van der Waals surface area contributed by atoms with E-state index in [-0.39, 0.29) is 17.2 Å². The Hall–Kier alpha value is -2.60. The van der Waals surface area contributed by atoms with Gasteiger partial charge in [-0.05, 0) is 43.7 Å². The zero-order valence-corrected chi connectivity index (χ0v) is 15.0. The van der Waals surface area contributed by atoms with E-state index in [2.05, 4.69) is 15.4 Å². The van der Waals surface area contributed by atoms with Crippen molar-refractivity contribution in [3.05, 3.63) is 72.8 Å². The molecular formula is C19H20N4OS. The third-order valence-corrected chi connectivity index (χ3v) is 4.97. The molecule has 1 heterocycles. The Balaban J connectivity index is 1.59. The average molecular weight is 352 g/mol. The molecule has 0 fully saturated rings. The number of rotatable bonds is 6. The van der Waals surface area contributed by atoms with E-state index in [1.807, 2.05) is 68.4 Å². The van der Waals surface area contributed by atoms with E-state index in [1.165, 1.54) is 6.33 Å². The molecule has 3 rings (SSSR count). The Morgan fingerprint density at radius 3 is 2.44 bits per heavy atom. The maximum atomic E-state index is 12.4. The highest BCUT2D eigenvalue weighted by Crippen LogP contribution is 2.23. The summed E-state index contributed by atoms with van der Waals surface area (Å²) in [5.74, 6) is 0.0294. The molecule has 0 saturated heterocycles. The van der Waals surface area contributed by atoms with Crippen LogP contribution in [0, 0.1) is 0 Å². The van der Waals surface area contributed by atoms with E-state index in [1.54, 1.807) is 22.8 Å². The number of thioether (sulfide) groups is 1. The summed E-state index contributed by atoms with van der Waals surface area (Å²) < 4.78 is 1.70. The van der Waals surface area contributed by atoms with Crippen LogP contribution in [0.15, 0.2) is 72.1 Å². The first-order chi connectivity index (χ1) is 12.1. The van der Waals surface area contributed by atoms with Gasteiger partial charge in [0.1, 0.15) is 12.7 Å². The molecule has 1 N–H and O–H groups in total. The summed E-state index contributed by atoms with van der Waals surface area (Å²) in [6.45, 7) is 3.91. The van der Waals surface area contributed by atoms with Crippen LogP contribution in [0.4, 0.5) is 0 Å². The highest BCUT2D eigenvalue weighted by molar-refractivity contribution is 8.00. The normalized spacial score (nSPS) is 13.2. The van der Waals surface area contributed by atoms with E-state index in [0.29, 0.717) is 0 Å². The predicted octanol–water partition coefficient (Wildman–Crippen LogP) is 3.63. The van der Waals surface area contributed by atoms with Crippen molar-refractivity contribution in [2.75, 3.05) is 0 Å². The molecule has 1 amide bonds. The average Bonchev–Trinajstić information content (AvgIpc) is 3.17. The Kier molecular flexibility index (Phi) is 5.50. The van der Waals surface area contributed by atoms with Gasteiger partial charge in [-0.3, -0.25) is 4.79 Å². The molecule has 0 bridgehead atoms. The third kappa shape index (κ3) is 4.48. The molecule has 25 heavy (non-hydrogen) atoms. The van der Waals surface area contributed by atoms with Crippen molar-refractivity contribution in [3.8, 4) is 5.69 Å². The fourth-order valence-electron chi connectivity index (χ4n) is 2.43. The van der Waals surface area contributed by atoms with Crippen LogP contribution in [0.3, 0.4) is 0 Å². The molecule has 0 aliphatic rings. The van der Waals surface area contributed by atoms with Crippen molar-refractivity contribution < 1.29 is 4.79 Å². The first-order valence-electron chi connectivity index (χ1n) is 8.10. The largest absolute Gasteiger partial charge is 0.349 e. The quantitative estimate of drug-likeness (QED) is 0.688. The van der Waals surface area contributed by atoms with Crippen LogP contribution in [0.5, 0.6) is 0 Å². The molecule has 3 aromatic rings. The van der Waals surface area contributed by atoms with E-state index >= 15 is 0 Å². The van der Waals surface area contributed by atoms with E-state index in [4.69, 9.17) is 0 Å². The Morgan fingerprint density at radius 1 is 1.08 bits per heavy atom. The fraction of sp³-hybridized carbons (Fsp3) is 0.211. The van der Waals surface area contributed by atoms with Crippen LogP contribution in [0.1, 0.15) is 25.5 Å². The number of nitrogens with zero attached hydrogens (tertiary/aromatic N) is 3. The number of amides is 1. The number of hydrogen-bond acceptors (Lipinski definition) is 4. The summed E-state index contributed by atoms with van der Waals surface area (Å²) in [5.41, 5.74) is 1.99. The summed E-state index contributed by atoms with van der Waals surface area (Å²) in [6, 6.07) is 17.8. The van der Waals surface area contributed by atoms with Crippen molar-refractivity contribution in [1.82, 2.24) is 20.1 Å². The van der Waals surface area contributed by atoms with Crippen LogP contribution in [-0.4, -0.2) is 25.9 Å². The van der Waals surface area contributed by atoms with Crippen molar-refractivity contribution in [2.45, 2.75) is 30.0 Å². The van der Waals surface area contributed by atoms with Gasteiger partial charge in [-0.15, -0.1) is 11.8 Å². The molecule has 0 aliphatic carbocycles. The molecule has 6 heteroatoms. The number of aromatic nitrogens is 3. The van der Waals surface area contributed by atoms with Crippen LogP contribution in [-0.2, 0) is 4.79 Å². The van der Waals surface area contributed by atoms with Crippen molar-refractivity contribution in [1.29, 1.82) is 0 Å². The summed E-state index contributed by atoms with van der Waals surface area (Å²) >= 11 is 1.56. The predicted molar refractivity (Wildman–Crippen MR) is 99.7 cm³/mol. The first kappa shape index (κ1) is 17.2. The summed E-state index contributed by atoms with van der Waals surface area (Å²) in [7, 11) is 0. The Bertz CT molecular complexity index is 803. The number of nitrogens with one attached hydrogen (secondary N) is 1. The number of hydrogen-bond donors (Lipinski definition) is 1. The lowest BCUT2D eigenvalue weighted by atomic mass is 10.1. The number of carbonyl (C=O) groups is 1. The van der Waals surface area contributed by atoms with Gasteiger partial charge in [0.25, 0.3) is 0 Å². The van der Waals surface area contributed by atoms with Crippen molar-refractivity contribution in [2.24, 2.45) is 0 Å². The van der Waals surface area contributed by atoms with E-state index in [9.17, 15) is 4.79 Å². The molecule has 0 radical (unpaired) electrons. The lowest BCUT2D eigenvalue weighted by Gasteiger charge is -2.18. The van der Waals surface area contributed by atoms with Gasteiger partial charge in [0.05, 0.1) is 17.0 Å². The molecule has 0 aliphatic heterocycles. The minimum atomic E-state index is -0.153. The molecule has 2 atom stereocenters. The van der Waals surface area contributed by atoms with Gasteiger partial charge in [-0.25, -0.2) is 9.67 Å². The maximum absolute atomic E-state index is 12.4. The molecular weight excluding hydrogens is 332 g/mol. The van der Waals surface area contributed by atoms with Crippen molar-refractivity contribution in [3.63, 3.8) is 0 Å². The monoisotopic (exact) mass is 352 g/mol. The fourth-order valence-corrected chi connectivity index (χ4v) is 3.33. The van der Waals surface area contributed by atoms with Crippen molar-refractivity contribution >= 4 is 17.7 Å². The van der Waals surface area contributed by atoms with Gasteiger partial charge < -0.3 is 5.32 Å². The minimum absolute atomic E-state index is 0.0294. The topological polar surface area (TPSA) is 59.8 Å². The van der Waals surface area contributed by atoms with Gasteiger partial charge in [0, 0.05) is 4.90 Å². The SMILES string of the molecule is CC(Sc1ccccc1)C(=O)NC(C)c1ccc(-n2cncn2)cc1. The van der Waals surface area contributed by atoms with Gasteiger partial charge in [0.2, 0.25) is 5.91 Å². The van der Waals surface area contributed by atoms with E-state index in [0.717, 1.165) is 16.1 Å². The third-order valence-electron chi connectivity index (χ3n) is 3.86. The second kappa shape index (κ2) is 7.98. The van der Waals surface area contributed by atoms with Crippen LogP contribution in [0.2, 0.25) is 0 Å². The molecule has 2 aromatic carbocycles. The second-order valence-electron chi connectivity index (χ2n) is 5.73. The molecule has 0 spiro atoms. The molecule has 128 valence electrons. The van der Waals surface area contributed by atoms with Crippen LogP contribution in [0.25, 0.3) is 5.69 Å². The summed E-state index contributed by atoms with van der Waals surface area (Å²) in [6.07, 6.45) is 3.16. The minimum Gasteiger partial charge on any atom is -0.349 e. The maximum Gasteiger partial charge on any atom is 0.233 e. The highest BCUT2D eigenvalue weighted by atomic mass is 32.2. The molecule has 2 unspecified atom stereocenters. The molecule has 0 saturated carbocycles. The lowest BCUT2D eigenvalue weighted by Crippen LogP contribution is -2.33. The summed E-state index contributed by atoms with van der Waals surface area (Å²) in [4.78, 5) is 17.5. The Labute approximate surface area is 151 Å². The van der Waals surface area contributed by atoms with Crippen LogP contribution < -0.4 is 5.32 Å². The van der Waals surface area contributed by atoms with E-state index < -0.39 is 0 Å². The van der Waals surface area contributed by atoms with Gasteiger partial charge in [0.15, 0.2) is 0 Å². The first-order valence-corrected chi connectivity index (χ1v) is 8.98. The number of carbonyl (C=O) groups excluding carboxylic acids is 1. The zero-order valence-electron chi connectivity index (χ0n) is 14.2. The zero-order chi connectivity index (χ0) is 17.6. The number of benzene rings is 2. The molecule has 1 aromatic heterocycles. The van der Waals surface area contributed by atoms with Gasteiger partial charge in [-0.1, -0.05) is 30.3 Å². The van der Waals surface area contributed by atoms with Gasteiger partial charge >= 0.3 is 0 Å². The Morgan fingerprint density at radius 2 is 1.80 bits per heavy atom. The summed E-state index contributed by atoms with van der Waals surface area (Å²) in [5, 5.41) is 7.03. The standard InChI is InChI=1S/C19H20N4OS/c1-14(16-8-10-17(11-9-16)23-13-20-12-21-23)22-19(24)15(2)25-18-6-4-3-5-7-18/h3-15H,1-2H3,(H,22,24). The molecule has 5 nitrogen and oxygen atoms in total. The van der Waals surface area contributed by atoms with Gasteiger partial charge in [-0.2, -0.15) is 5.10 Å². The second-order valence-corrected chi connectivity index (χ2v) is 7.15. The smallest absolute Gasteiger partial charge is 0.233 e. The highest BCUT2D eigenvalue weighted by Gasteiger charge is 2.17. The van der Waals surface area contributed by atoms with Crippen LogP contribution >= 0.6 is 11.8 Å².